The van der Waals surface area contributed by atoms with Gasteiger partial charge in [0.05, 0.1) is 0 Å². The van der Waals surface area contributed by atoms with E-state index in [9.17, 15) is 9.59 Å². The van der Waals surface area contributed by atoms with E-state index in [0.29, 0.717) is 18.8 Å². The number of carbonyl (C=O) groups excluding carboxylic acids is 2. The van der Waals surface area contributed by atoms with E-state index in [1.54, 1.807) is 0 Å². The minimum Gasteiger partial charge on any atom is -0.282 e. The lowest BCUT2D eigenvalue weighted by molar-refractivity contribution is -0.139. The Bertz CT molecular complexity index is 297. The minimum absolute atomic E-state index is 0.0581. The first-order valence-corrected chi connectivity index (χ1v) is 6.07. The van der Waals surface area contributed by atoms with Gasteiger partial charge in [-0.2, -0.15) is 0 Å². The second-order valence-electron chi connectivity index (χ2n) is 5.33. The van der Waals surface area contributed by atoms with Crippen LogP contribution in [0.1, 0.15) is 38.5 Å². The van der Waals surface area contributed by atoms with Gasteiger partial charge in [0.25, 0.3) is 0 Å². The fraction of sp³-hybridized carbons (Fsp3) is 0.833. The van der Waals surface area contributed by atoms with Crippen molar-refractivity contribution >= 4 is 11.8 Å². The summed E-state index contributed by atoms with van der Waals surface area (Å²) < 4.78 is 0. The number of hydrogen-bond acceptors (Lipinski definition) is 2. The van der Waals surface area contributed by atoms with Gasteiger partial charge in [-0.3, -0.25) is 14.5 Å². The Labute approximate surface area is 89.8 Å². The van der Waals surface area contributed by atoms with Crippen LogP contribution in [0.4, 0.5) is 0 Å². The van der Waals surface area contributed by atoms with Gasteiger partial charge in [0.2, 0.25) is 11.8 Å². The Balaban J connectivity index is 1.65. The Hall–Kier alpha value is -0.860. The molecule has 15 heavy (non-hydrogen) atoms. The maximum atomic E-state index is 11.5. The monoisotopic (exact) mass is 207 g/mol. The maximum absolute atomic E-state index is 11.5. The normalized spacial score (nSPS) is 39.5. The zero-order chi connectivity index (χ0) is 10.4. The quantitative estimate of drug-likeness (QED) is 0.644. The van der Waals surface area contributed by atoms with E-state index in [0.717, 1.165) is 18.4 Å². The van der Waals surface area contributed by atoms with Crippen LogP contribution in [0.3, 0.4) is 0 Å². The molecule has 3 heteroatoms. The summed E-state index contributed by atoms with van der Waals surface area (Å²) in [6.07, 6.45) is 6.19. The summed E-state index contributed by atoms with van der Waals surface area (Å²) in [5.74, 6) is 2.43. The number of hydrogen-bond donors (Lipinski definition) is 0. The minimum atomic E-state index is 0.0581. The van der Waals surface area contributed by atoms with E-state index >= 15 is 0 Å². The molecule has 1 saturated heterocycles. The van der Waals surface area contributed by atoms with Crippen LogP contribution < -0.4 is 0 Å². The average molecular weight is 207 g/mol. The van der Waals surface area contributed by atoms with Crippen LogP contribution in [-0.4, -0.2) is 23.3 Å². The highest BCUT2D eigenvalue weighted by atomic mass is 16.2. The van der Waals surface area contributed by atoms with Crippen LogP contribution in [0, 0.1) is 17.8 Å². The Morgan fingerprint density at radius 3 is 2.33 bits per heavy atom. The van der Waals surface area contributed by atoms with Crippen LogP contribution in [-0.2, 0) is 9.59 Å². The number of fused-ring (bicyclic) bond motifs is 2. The molecule has 82 valence electrons. The molecule has 2 bridgehead atoms. The summed E-state index contributed by atoms with van der Waals surface area (Å²) >= 11 is 0. The van der Waals surface area contributed by atoms with Crippen LogP contribution in [0.25, 0.3) is 0 Å². The standard InChI is InChI=1S/C12H17NO2/c14-11-3-4-12(15)13(11)7-10-6-8-1-2-9(10)5-8/h8-10H,1-7H2/t8-,9-,10-/m1/s1. The molecule has 0 aromatic carbocycles. The average Bonchev–Trinajstić information content (AvgIpc) is 2.89. The van der Waals surface area contributed by atoms with Gasteiger partial charge in [0.15, 0.2) is 0 Å². The van der Waals surface area contributed by atoms with Crippen molar-refractivity contribution in [2.24, 2.45) is 17.8 Å². The largest absolute Gasteiger partial charge is 0.282 e. The van der Waals surface area contributed by atoms with Crippen LogP contribution >= 0.6 is 0 Å². The van der Waals surface area contributed by atoms with E-state index in [1.807, 2.05) is 0 Å². The lowest BCUT2D eigenvalue weighted by atomic mass is 9.88. The molecule has 0 aromatic rings. The molecule has 0 aromatic heterocycles. The van der Waals surface area contributed by atoms with Gasteiger partial charge in [0, 0.05) is 19.4 Å². The Kier molecular flexibility index (Phi) is 2.08. The number of rotatable bonds is 2. The highest BCUT2D eigenvalue weighted by Crippen LogP contribution is 2.48. The third-order valence-electron chi connectivity index (χ3n) is 4.46. The maximum Gasteiger partial charge on any atom is 0.229 e. The van der Waals surface area contributed by atoms with E-state index in [-0.39, 0.29) is 11.8 Å². The van der Waals surface area contributed by atoms with Crippen molar-refractivity contribution in [2.45, 2.75) is 38.5 Å². The summed E-state index contributed by atoms with van der Waals surface area (Å²) in [6, 6.07) is 0. The first-order valence-electron chi connectivity index (χ1n) is 6.07. The van der Waals surface area contributed by atoms with Crippen molar-refractivity contribution in [3.05, 3.63) is 0 Å². The summed E-state index contributed by atoms with van der Waals surface area (Å²) in [7, 11) is 0. The smallest absolute Gasteiger partial charge is 0.229 e. The zero-order valence-electron chi connectivity index (χ0n) is 8.95. The molecule has 3 fully saturated rings. The van der Waals surface area contributed by atoms with Crippen LogP contribution in [0.15, 0.2) is 0 Å². The summed E-state index contributed by atoms with van der Waals surface area (Å²) in [5, 5.41) is 0. The van der Waals surface area contributed by atoms with Gasteiger partial charge in [-0.05, 0) is 37.0 Å². The molecule has 3 aliphatic rings. The zero-order valence-corrected chi connectivity index (χ0v) is 8.95. The molecule has 3 nitrogen and oxygen atoms in total. The number of carbonyl (C=O) groups is 2. The van der Waals surface area contributed by atoms with E-state index in [1.165, 1.54) is 30.6 Å². The molecule has 2 amide bonds. The second kappa shape index (κ2) is 3.32. The van der Waals surface area contributed by atoms with Crippen molar-refractivity contribution < 1.29 is 9.59 Å². The molecule has 0 radical (unpaired) electrons. The van der Waals surface area contributed by atoms with Gasteiger partial charge in [-0.1, -0.05) is 6.42 Å². The predicted octanol–water partition coefficient (Wildman–Crippen LogP) is 1.57. The van der Waals surface area contributed by atoms with E-state index in [4.69, 9.17) is 0 Å². The lowest BCUT2D eigenvalue weighted by Gasteiger charge is -2.25. The number of likely N-dealkylation sites (tertiary alicyclic amines) is 1. The van der Waals surface area contributed by atoms with Gasteiger partial charge in [-0.25, -0.2) is 0 Å². The molecule has 3 rings (SSSR count). The van der Waals surface area contributed by atoms with Crippen molar-refractivity contribution in [3.63, 3.8) is 0 Å². The van der Waals surface area contributed by atoms with Crippen molar-refractivity contribution in [2.75, 3.05) is 6.54 Å². The third-order valence-corrected chi connectivity index (χ3v) is 4.46. The molecule has 0 N–H and O–H groups in total. The molecule has 2 saturated carbocycles. The van der Waals surface area contributed by atoms with Crippen molar-refractivity contribution in [1.29, 1.82) is 0 Å². The summed E-state index contributed by atoms with van der Waals surface area (Å²) in [6.45, 7) is 0.721. The van der Waals surface area contributed by atoms with E-state index in [2.05, 4.69) is 0 Å². The third kappa shape index (κ3) is 1.48. The lowest BCUT2D eigenvalue weighted by Crippen LogP contribution is -2.35. The van der Waals surface area contributed by atoms with Crippen LogP contribution in [0.2, 0.25) is 0 Å². The molecular formula is C12H17NO2. The highest BCUT2D eigenvalue weighted by molar-refractivity contribution is 6.01. The van der Waals surface area contributed by atoms with Gasteiger partial charge >= 0.3 is 0 Å². The summed E-state index contributed by atoms with van der Waals surface area (Å²) in [5.41, 5.74) is 0. The fourth-order valence-electron chi connectivity index (χ4n) is 3.66. The molecule has 0 spiro atoms. The molecule has 2 aliphatic carbocycles. The Morgan fingerprint density at radius 1 is 1.07 bits per heavy atom. The molecule has 1 heterocycles. The number of amides is 2. The first-order chi connectivity index (χ1) is 7.24. The number of nitrogens with zero attached hydrogens (tertiary/aromatic N) is 1. The molecule has 3 atom stereocenters. The Morgan fingerprint density at radius 2 is 1.80 bits per heavy atom. The van der Waals surface area contributed by atoms with Crippen molar-refractivity contribution in [3.8, 4) is 0 Å². The SMILES string of the molecule is O=C1CCC(=O)N1C[C@H]1C[C@@H]2CC[C@@H]1C2. The van der Waals surface area contributed by atoms with Crippen LogP contribution in [0.5, 0.6) is 0 Å². The number of imide groups is 1. The first kappa shape index (κ1) is 9.37. The fourth-order valence-corrected chi connectivity index (χ4v) is 3.66. The van der Waals surface area contributed by atoms with Gasteiger partial charge in [0.1, 0.15) is 0 Å². The summed E-state index contributed by atoms with van der Waals surface area (Å²) in [4.78, 5) is 24.5. The highest BCUT2D eigenvalue weighted by Gasteiger charge is 2.42. The van der Waals surface area contributed by atoms with Gasteiger partial charge < -0.3 is 0 Å². The topological polar surface area (TPSA) is 37.4 Å². The molecule has 0 unspecified atom stereocenters. The predicted molar refractivity (Wildman–Crippen MR) is 54.9 cm³/mol. The molecular weight excluding hydrogens is 190 g/mol. The van der Waals surface area contributed by atoms with Gasteiger partial charge in [-0.15, -0.1) is 0 Å². The van der Waals surface area contributed by atoms with E-state index < -0.39 is 0 Å². The molecule has 1 aliphatic heterocycles. The second-order valence-corrected chi connectivity index (χ2v) is 5.33. The van der Waals surface area contributed by atoms with Crippen molar-refractivity contribution in [1.82, 2.24) is 4.90 Å².